The number of thiophene rings is 1. The largest absolute Gasteiger partial charge is 0.492 e. The number of hydrogen-bond donors (Lipinski definition) is 0. The molecule has 0 atom stereocenters. The molecule has 1 fully saturated rings. The first-order valence-electron chi connectivity index (χ1n) is 9.28. The van der Waals surface area contributed by atoms with Crippen LogP contribution >= 0.6 is 23.7 Å². The van der Waals surface area contributed by atoms with Gasteiger partial charge in [-0.1, -0.05) is 24.6 Å². The van der Waals surface area contributed by atoms with E-state index >= 15 is 0 Å². The molecule has 1 aromatic heterocycles. The standard InChI is InChI=1S/C22H23NO2S.ClH/c24-22(21-16-18-6-2-3-7-20(18)26-21)17-8-10-19(11-9-17)25-15-14-23-12-4-1-5-13-23;/h2-3,6-11,16H,1,4-5,12-15H2;1H. The third-order valence-electron chi connectivity index (χ3n) is 4.89. The Kier molecular flexibility index (Phi) is 6.89. The summed E-state index contributed by atoms with van der Waals surface area (Å²) in [5.74, 6) is 0.904. The molecule has 0 radical (unpaired) electrons. The molecule has 2 aromatic carbocycles. The first kappa shape index (κ1) is 19.9. The summed E-state index contributed by atoms with van der Waals surface area (Å²) >= 11 is 1.55. The van der Waals surface area contributed by atoms with Gasteiger partial charge in [0, 0.05) is 16.8 Å². The van der Waals surface area contributed by atoms with E-state index in [0.29, 0.717) is 12.2 Å². The summed E-state index contributed by atoms with van der Waals surface area (Å²) in [5.41, 5.74) is 0.708. The zero-order valence-electron chi connectivity index (χ0n) is 15.2. The number of fused-ring (bicyclic) bond motifs is 1. The van der Waals surface area contributed by atoms with Crippen molar-refractivity contribution in [2.24, 2.45) is 0 Å². The fourth-order valence-electron chi connectivity index (χ4n) is 3.41. The van der Waals surface area contributed by atoms with Gasteiger partial charge in [-0.05, 0) is 67.7 Å². The van der Waals surface area contributed by atoms with Gasteiger partial charge in [0.2, 0.25) is 5.78 Å². The molecular weight excluding hydrogens is 378 g/mol. The molecule has 142 valence electrons. The molecule has 3 aromatic rings. The summed E-state index contributed by atoms with van der Waals surface area (Å²) in [6.07, 6.45) is 3.95. The molecule has 0 saturated carbocycles. The highest BCUT2D eigenvalue weighted by Gasteiger charge is 2.13. The third kappa shape index (κ3) is 4.89. The van der Waals surface area contributed by atoms with Crippen LogP contribution in [0.5, 0.6) is 5.75 Å². The molecule has 0 N–H and O–H groups in total. The van der Waals surface area contributed by atoms with Crippen molar-refractivity contribution in [3.63, 3.8) is 0 Å². The number of hydrogen-bond acceptors (Lipinski definition) is 4. The molecule has 2 heterocycles. The monoisotopic (exact) mass is 401 g/mol. The van der Waals surface area contributed by atoms with Gasteiger partial charge in [0.1, 0.15) is 12.4 Å². The number of rotatable bonds is 6. The van der Waals surface area contributed by atoms with Crippen LogP contribution in [0.15, 0.2) is 54.6 Å². The van der Waals surface area contributed by atoms with Crippen molar-refractivity contribution in [2.45, 2.75) is 19.3 Å². The maximum atomic E-state index is 12.7. The maximum Gasteiger partial charge on any atom is 0.202 e. The minimum atomic E-state index is 0. The van der Waals surface area contributed by atoms with Gasteiger partial charge in [-0.3, -0.25) is 9.69 Å². The molecule has 0 amide bonds. The fourth-order valence-corrected chi connectivity index (χ4v) is 4.44. The second-order valence-electron chi connectivity index (χ2n) is 6.75. The summed E-state index contributed by atoms with van der Waals surface area (Å²) in [7, 11) is 0. The number of halogens is 1. The fraction of sp³-hybridized carbons (Fsp3) is 0.318. The van der Waals surface area contributed by atoms with Crippen LogP contribution in [0, 0.1) is 0 Å². The van der Waals surface area contributed by atoms with E-state index in [4.69, 9.17) is 4.74 Å². The van der Waals surface area contributed by atoms with E-state index in [-0.39, 0.29) is 18.2 Å². The lowest BCUT2D eigenvalue weighted by molar-refractivity contribution is 0.104. The average molecular weight is 402 g/mol. The molecule has 4 rings (SSSR count). The minimum absolute atomic E-state index is 0. The van der Waals surface area contributed by atoms with Crippen molar-refractivity contribution >= 4 is 39.6 Å². The molecular formula is C22H24ClNO2S. The smallest absolute Gasteiger partial charge is 0.202 e. The Hall–Kier alpha value is -1.88. The van der Waals surface area contributed by atoms with Crippen molar-refractivity contribution in [2.75, 3.05) is 26.2 Å². The number of carbonyl (C=O) groups excluding carboxylic acids is 1. The summed E-state index contributed by atoms with van der Waals surface area (Å²) < 4.78 is 6.99. The lowest BCUT2D eigenvalue weighted by atomic mass is 10.1. The van der Waals surface area contributed by atoms with Crippen LogP contribution in [-0.2, 0) is 0 Å². The average Bonchev–Trinajstić information content (AvgIpc) is 3.13. The topological polar surface area (TPSA) is 29.5 Å². The van der Waals surface area contributed by atoms with Crippen molar-refractivity contribution in [1.82, 2.24) is 4.90 Å². The number of ketones is 1. The van der Waals surface area contributed by atoms with Crippen LogP contribution in [0.3, 0.4) is 0 Å². The number of piperidine rings is 1. The van der Waals surface area contributed by atoms with E-state index in [1.807, 2.05) is 48.5 Å². The van der Waals surface area contributed by atoms with E-state index in [1.165, 1.54) is 32.4 Å². The van der Waals surface area contributed by atoms with Crippen LogP contribution < -0.4 is 4.74 Å². The van der Waals surface area contributed by atoms with Gasteiger partial charge in [0.25, 0.3) is 0 Å². The number of benzene rings is 2. The molecule has 3 nitrogen and oxygen atoms in total. The van der Waals surface area contributed by atoms with Crippen LogP contribution in [0.2, 0.25) is 0 Å². The Labute approximate surface area is 170 Å². The van der Waals surface area contributed by atoms with Crippen LogP contribution in [0.25, 0.3) is 10.1 Å². The van der Waals surface area contributed by atoms with Gasteiger partial charge in [-0.2, -0.15) is 0 Å². The van der Waals surface area contributed by atoms with E-state index in [9.17, 15) is 4.79 Å². The van der Waals surface area contributed by atoms with Gasteiger partial charge in [0.15, 0.2) is 0 Å². The SMILES string of the molecule is Cl.O=C(c1ccc(OCCN2CCCCC2)cc1)c1cc2ccccc2s1. The second kappa shape index (κ2) is 9.36. The first-order valence-corrected chi connectivity index (χ1v) is 10.1. The van der Waals surface area contributed by atoms with Crippen LogP contribution in [-0.4, -0.2) is 36.9 Å². The molecule has 0 unspecified atom stereocenters. The molecule has 1 aliphatic rings. The summed E-state index contributed by atoms with van der Waals surface area (Å²) in [5, 5.41) is 1.12. The predicted octanol–water partition coefficient (Wildman–Crippen LogP) is 5.42. The number of ether oxygens (including phenoxy) is 1. The second-order valence-corrected chi connectivity index (χ2v) is 7.84. The zero-order valence-corrected chi connectivity index (χ0v) is 16.9. The number of likely N-dealkylation sites (tertiary alicyclic amines) is 1. The molecule has 0 spiro atoms. The lowest BCUT2D eigenvalue weighted by Crippen LogP contribution is -2.33. The Morgan fingerprint density at radius 2 is 1.74 bits per heavy atom. The van der Waals surface area contributed by atoms with E-state index in [2.05, 4.69) is 11.0 Å². The van der Waals surface area contributed by atoms with Crippen molar-refractivity contribution in [3.8, 4) is 5.75 Å². The van der Waals surface area contributed by atoms with Crippen molar-refractivity contribution in [1.29, 1.82) is 0 Å². The molecule has 1 aliphatic heterocycles. The first-order chi connectivity index (χ1) is 12.8. The summed E-state index contributed by atoms with van der Waals surface area (Å²) in [6, 6.07) is 17.6. The lowest BCUT2D eigenvalue weighted by Gasteiger charge is -2.26. The predicted molar refractivity (Wildman–Crippen MR) is 115 cm³/mol. The minimum Gasteiger partial charge on any atom is -0.492 e. The molecule has 5 heteroatoms. The van der Waals surface area contributed by atoms with Gasteiger partial charge >= 0.3 is 0 Å². The number of carbonyl (C=O) groups is 1. The van der Waals surface area contributed by atoms with Gasteiger partial charge < -0.3 is 4.74 Å². The van der Waals surface area contributed by atoms with Gasteiger partial charge in [-0.25, -0.2) is 0 Å². The molecule has 1 saturated heterocycles. The van der Waals surface area contributed by atoms with Crippen LogP contribution in [0.4, 0.5) is 0 Å². The normalized spacial score (nSPS) is 14.7. The molecule has 0 bridgehead atoms. The molecule has 0 aliphatic carbocycles. The Balaban J connectivity index is 0.00000210. The summed E-state index contributed by atoms with van der Waals surface area (Å²) in [6.45, 7) is 4.05. The Bertz CT molecular complexity index is 852. The highest BCUT2D eigenvalue weighted by Crippen LogP contribution is 2.27. The highest BCUT2D eigenvalue weighted by atomic mass is 35.5. The van der Waals surface area contributed by atoms with Crippen LogP contribution in [0.1, 0.15) is 34.5 Å². The summed E-state index contributed by atoms with van der Waals surface area (Å²) in [4.78, 5) is 16.0. The quantitative estimate of drug-likeness (QED) is 0.516. The Morgan fingerprint density at radius 1 is 1.00 bits per heavy atom. The van der Waals surface area contributed by atoms with Gasteiger partial charge in [-0.15, -0.1) is 23.7 Å². The van der Waals surface area contributed by atoms with E-state index in [1.54, 1.807) is 11.3 Å². The maximum absolute atomic E-state index is 12.7. The Morgan fingerprint density at radius 3 is 2.48 bits per heavy atom. The third-order valence-corrected chi connectivity index (χ3v) is 6.01. The van der Waals surface area contributed by atoms with Crippen molar-refractivity contribution < 1.29 is 9.53 Å². The highest BCUT2D eigenvalue weighted by molar-refractivity contribution is 7.21. The molecule has 27 heavy (non-hydrogen) atoms. The van der Waals surface area contributed by atoms with E-state index in [0.717, 1.165) is 27.3 Å². The van der Waals surface area contributed by atoms with Crippen molar-refractivity contribution in [3.05, 3.63) is 65.0 Å². The van der Waals surface area contributed by atoms with Gasteiger partial charge in [0.05, 0.1) is 4.88 Å². The zero-order chi connectivity index (χ0) is 17.8. The van der Waals surface area contributed by atoms with E-state index < -0.39 is 0 Å². The number of nitrogens with zero attached hydrogens (tertiary/aromatic N) is 1.